The van der Waals surface area contributed by atoms with Gasteiger partial charge in [-0.05, 0) is 24.0 Å². The van der Waals surface area contributed by atoms with Gasteiger partial charge in [0, 0.05) is 24.1 Å². The lowest BCUT2D eigenvalue weighted by Crippen LogP contribution is -2.36. The summed E-state index contributed by atoms with van der Waals surface area (Å²) in [6.07, 6.45) is 1.33. The zero-order chi connectivity index (χ0) is 19.3. The Morgan fingerprint density at radius 3 is 2.62 bits per heavy atom. The second-order valence-electron chi connectivity index (χ2n) is 7.45. The molecule has 1 N–H and O–H groups in total. The average Bonchev–Trinajstić information content (AvgIpc) is 3.00. The maximum Gasteiger partial charge on any atom is 0.323 e. The highest BCUT2D eigenvalue weighted by Crippen LogP contribution is 2.23. The fraction of sp³-hybridized carbons (Fsp3) is 0.474. The lowest BCUT2D eigenvalue weighted by atomic mass is 9.92. The molecule has 140 valence electrons. The van der Waals surface area contributed by atoms with Gasteiger partial charge in [-0.2, -0.15) is 4.98 Å². The van der Waals surface area contributed by atoms with E-state index in [-0.39, 0.29) is 17.9 Å². The molecule has 0 unspecified atom stereocenters. The van der Waals surface area contributed by atoms with E-state index < -0.39 is 5.97 Å². The molecule has 0 saturated heterocycles. The van der Waals surface area contributed by atoms with Gasteiger partial charge in [-0.25, -0.2) is 0 Å². The number of nitrogens with zero attached hydrogens (tertiary/aromatic N) is 3. The minimum atomic E-state index is -1.03. The molecule has 0 spiro atoms. The summed E-state index contributed by atoms with van der Waals surface area (Å²) in [4.78, 5) is 29.4. The van der Waals surface area contributed by atoms with Crippen LogP contribution in [0.1, 0.15) is 50.4 Å². The van der Waals surface area contributed by atoms with Crippen molar-refractivity contribution in [2.75, 3.05) is 13.1 Å². The number of hydrogen-bond acceptors (Lipinski definition) is 5. The van der Waals surface area contributed by atoms with Gasteiger partial charge in [0.15, 0.2) is 0 Å². The Bertz CT molecular complexity index is 777. The maximum atomic E-state index is 12.6. The second-order valence-corrected chi connectivity index (χ2v) is 7.45. The van der Waals surface area contributed by atoms with Crippen molar-refractivity contribution in [3.05, 3.63) is 35.7 Å². The van der Waals surface area contributed by atoms with Crippen molar-refractivity contribution in [3.63, 3.8) is 0 Å². The van der Waals surface area contributed by atoms with Gasteiger partial charge in [-0.15, -0.1) is 0 Å². The molecule has 0 saturated carbocycles. The number of carboxylic acids is 1. The first-order valence-corrected chi connectivity index (χ1v) is 8.63. The van der Waals surface area contributed by atoms with E-state index in [0.717, 1.165) is 0 Å². The molecule has 0 bridgehead atoms. The van der Waals surface area contributed by atoms with Crippen molar-refractivity contribution in [2.45, 2.75) is 40.5 Å². The highest BCUT2D eigenvalue weighted by atomic mass is 16.5. The van der Waals surface area contributed by atoms with Crippen LogP contribution in [0.25, 0.3) is 11.4 Å². The first-order chi connectivity index (χ1) is 12.2. The van der Waals surface area contributed by atoms with Crippen LogP contribution in [0.15, 0.2) is 28.8 Å². The topological polar surface area (TPSA) is 96.5 Å². The molecule has 2 aromatic rings. The smallest absolute Gasteiger partial charge is 0.323 e. The predicted molar refractivity (Wildman–Crippen MR) is 96.7 cm³/mol. The van der Waals surface area contributed by atoms with Gasteiger partial charge >= 0.3 is 5.97 Å². The van der Waals surface area contributed by atoms with Crippen LogP contribution in [-0.4, -0.2) is 45.1 Å². The zero-order valence-electron chi connectivity index (χ0n) is 15.7. The van der Waals surface area contributed by atoms with Crippen LogP contribution in [0.5, 0.6) is 0 Å². The summed E-state index contributed by atoms with van der Waals surface area (Å²) < 4.78 is 5.30. The number of carboxylic acid groups (broad SMARTS) is 1. The van der Waals surface area contributed by atoms with E-state index in [4.69, 9.17) is 9.63 Å². The predicted octanol–water partition coefficient (Wildman–Crippen LogP) is 3.26. The van der Waals surface area contributed by atoms with E-state index in [0.29, 0.717) is 42.2 Å². The summed E-state index contributed by atoms with van der Waals surface area (Å²) in [5.41, 5.74) is 1.09. The third kappa shape index (κ3) is 5.40. The molecule has 1 amide bonds. The molecular weight excluding hydrogens is 334 g/mol. The van der Waals surface area contributed by atoms with Crippen LogP contribution in [0.3, 0.4) is 0 Å². The molecule has 7 nitrogen and oxygen atoms in total. The standard InChI is InChI=1S/C19H25N3O4/c1-5-9-22(12-16(23)24)18(25)14-8-6-7-13(10-14)17-20-15(26-21-17)11-19(2,3)4/h6-8,10H,5,9,11-12H2,1-4H3,(H,23,24). The second kappa shape index (κ2) is 8.12. The summed E-state index contributed by atoms with van der Waals surface area (Å²) in [5.74, 6) is -0.399. The largest absolute Gasteiger partial charge is 0.480 e. The molecule has 0 aliphatic rings. The van der Waals surface area contributed by atoms with Crippen LogP contribution in [0.2, 0.25) is 0 Å². The molecule has 2 rings (SSSR count). The third-order valence-corrected chi connectivity index (χ3v) is 3.62. The number of benzene rings is 1. The normalized spacial score (nSPS) is 11.4. The Kier molecular flexibility index (Phi) is 6.13. The molecule has 0 aliphatic carbocycles. The van der Waals surface area contributed by atoms with E-state index in [1.54, 1.807) is 24.3 Å². The molecule has 0 fully saturated rings. The zero-order valence-corrected chi connectivity index (χ0v) is 15.7. The van der Waals surface area contributed by atoms with Crippen LogP contribution in [0, 0.1) is 5.41 Å². The average molecular weight is 359 g/mol. The van der Waals surface area contributed by atoms with E-state index in [2.05, 4.69) is 30.9 Å². The third-order valence-electron chi connectivity index (χ3n) is 3.62. The summed E-state index contributed by atoms with van der Waals surface area (Å²) >= 11 is 0. The molecule has 0 radical (unpaired) electrons. The van der Waals surface area contributed by atoms with Gasteiger partial charge < -0.3 is 14.5 Å². The number of carbonyl (C=O) groups is 2. The van der Waals surface area contributed by atoms with Crippen LogP contribution < -0.4 is 0 Å². The number of rotatable bonds is 7. The van der Waals surface area contributed by atoms with Gasteiger partial charge in [0.1, 0.15) is 6.54 Å². The van der Waals surface area contributed by atoms with Gasteiger partial charge in [0.2, 0.25) is 11.7 Å². The number of aliphatic carboxylic acids is 1. The first-order valence-electron chi connectivity index (χ1n) is 8.63. The highest BCUT2D eigenvalue weighted by Gasteiger charge is 2.20. The van der Waals surface area contributed by atoms with Crippen molar-refractivity contribution in [1.29, 1.82) is 0 Å². The quantitative estimate of drug-likeness (QED) is 0.815. The Balaban J connectivity index is 2.24. The minimum absolute atomic E-state index is 0.0269. The SMILES string of the molecule is CCCN(CC(=O)O)C(=O)c1cccc(-c2noc(CC(C)(C)C)n2)c1. The van der Waals surface area contributed by atoms with E-state index in [9.17, 15) is 9.59 Å². The first kappa shape index (κ1) is 19.6. The lowest BCUT2D eigenvalue weighted by Gasteiger charge is -2.20. The van der Waals surface area contributed by atoms with Crippen molar-refractivity contribution >= 4 is 11.9 Å². The molecule has 26 heavy (non-hydrogen) atoms. The number of hydrogen-bond donors (Lipinski definition) is 1. The molecule has 7 heteroatoms. The number of amides is 1. The molecule has 0 atom stereocenters. The molecule has 1 heterocycles. The number of aromatic nitrogens is 2. The Morgan fingerprint density at radius 1 is 1.27 bits per heavy atom. The fourth-order valence-corrected chi connectivity index (χ4v) is 2.56. The summed E-state index contributed by atoms with van der Waals surface area (Å²) in [5, 5.41) is 13.0. The van der Waals surface area contributed by atoms with Gasteiger partial charge in [-0.1, -0.05) is 45.0 Å². The Hall–Kier alpha value is -2.70. The van der Waals surface area contributed by atoms with Gasteiger partial charge in [0.25, 0.3) is 5.91 Å². The summed E-state index contributed by atoms with van der Waals surface area (Å²) in [6.45, 7) is 8.21. The van der Waals surface area contributed by atoms with Crippen LogP contribution >= 0.6 is 0 Å². The minimum Gasteiger partial charge on any atom is -0.480 e. The Morgan fingerprint density at radius 2 is 2.00 bits per heavy atom. The van der Waals surface area contributed by atoms with Gasteiger partial charge in [0.05, 0.1) is 0 Å². The van der Waals surface area contributed by atoms with Crippen LogP contribution in [-0.2, 0) is 11.2 Å². The highest BCUT2D eigenvalue weighted by molar-refractivity contribution is 5.96. The molecule has 0 aliphatic heterocycles. The van der Waals surface area contributed by atoms with Crippen molar-refractivity contribution in [3.8, 4) is 11.4 Å². The van der Waals surface area contributed by atoms with Crippen molar-refractivity contribution in [2.24, 2.45) is 5.41 Å². The van der Waals surface area contributed by atoms with Crippen LogP contribution in [0.4, 0.5) is 0 Å². The van der Waals surface area contributed by atoms with Crippen molar-refractivity contribution in [1.82, 2.24) is 15.0 Å². The van der Waals surface area contributed by atoms with E-state index in [1.165, 1.54) is 4.90 Å². The van der Waals surface area contributed by atoms with E-state index >= 15 is 0 Å². The summed E-state index contributed by atoms with van der Waals surface area (Å²) in [7, 11) is 0. The molecule has 1 aromatic carbocycles. The Labute approximate surface area is 153 Å². The number of carbonyl (C=O) groups excluding carboxylic acids is 1. The summed E-state index contributed by atoms with van der Waals surface area (Å²) in [6, 6.07) is 6.85. The molecular formula is C19H25N3O4. The molecule has 1 aromatic heterocycles. The van der Waals surface area contributed by atoms with Crippen molar-refractivity contribution < 1.29 is 19.2 Å². The lowest BCUT2D eigenvalue weighted by molar-refractivity contribution is -0.137. The van der Waals surface area contributed by atoms with Gasteiger partial charge in [-0.3, -0.25) is 9.59 Å². The maximum absolute atomic E-state index is 12.6. The van der Waals surface area contributed by atoms with E-state index in [1.807, 2.05) is 6.92 Å². The fourth-order valence-electron chi connectivity index (χ4n) is 2.56. The monoisotopic (exact) mass is 359 g/mol.